The predicted molar refractivity (Wildman–Crippen MR) is 130 cm³/mol. The van der Waals surface area contributed by atoms with Crippen LogP contribution in [0, 0.1) is 17.5 Å². The number of halogens is 3. The molecular formula is C28H21F3N2O3. The van der Waals surface area contributed by atoms with Gasteiger partial charge in [0.25, 0.3) is 0 Å². The third kappa shape index (κ3) is 3.69. The largest absolute Gasteiger partial charge is 0.478 e. The molecule has 1 N–H and O–H groups in total. The Labute approximate surface area is 204 Å². The summed E-state index contributed by atoms with van der Waals surface area (Å²) in [6, 6.07) is 11.5. The first-order chi connectivity index (χ1) is 17.4. The lowest BCUT2D eigenvalue weighted by molar-refractivity contribution is 0.0696. The maximum atomic E-state index is 14.7. The summed E-state index contributed by atoms with van der Waals surface area (Å²) in [5, 5.41) is 10.4. The molecule has 1 fully saturated rings. The maximum absolute atomic E-state index is 14.7. The number of fused-ring (bicyclic) bond motifs is 2. The Bertz CT molecular complexity index is 1570. The van der Waals surface area contributed by atoms with E-state index in [4.69, 9.17) is 4.74 Å². The van der Waals surface area contributed by atoms with Crippen molar-refractivity contribution in [2.24, 2.45) is 4.99 Å². The number of benzene rings is 3. The van der Waals surface area contributed by atoms with Crippen molar-refractivity contribution in [3.8, 4) is 16.8 Å². The molecule has 4 aromatic rings. The number of ether oxygens (including phenoxy) is 1. The van der Waals surface area contributed by atoms with E-state index in [0.717, 1.165) is 45.9 Å². The van der Waals surface area contributed by atoms with Gasteiger partial charge in [0.1, 0.15) is 5.82 Å². The third-order valence-electron chi connectivity index (χ3n) is 6.96. The van der Waals surface area contributed by atoms with Crippen LogP contribution < -0.4 is 0 Å². The van der Waals surface area contributed by atoms with Gasteiger partial charge >= 0.3 is 5.97 Å². The molecule has 6 rings (SSSR count). The van der Waals surface area contributed by atoms with Crippen LogP contribution in [0.25, 0.3) is 27.7 Å². The van der Waals surface area contributed by atoms with Crippen LogP contribution in [0.4, 0.5) is 13.2 Å². The van der Waals surface area contributed by atoms with Gasteiger partial charge in [0.2, 0.25) is 0 Å². The Morgan fingerprint density at radius 1 is 1.00 bits per heavy atom. The van der Waals surface area contributed by atoms with Crippen molar-refractivity contribution in [1.82, 2.24) is 4.57 Å². The summed E-state index contributed by atoms with van der Waals surface area (Å²) in [4.78, 5) is 16.1. The molecule has 1 saturated heterocycles. The van der Waals surface area contributed by atoms with Gasteiger partial charge in [-0.1, -0.05) is 0 Å². The van der Waals surface area contributed by atoms with Crippen LogP contribution in [0.3, 0.4) is 0 Å². The van der Waals surface area contributed by atoms with Crippen LogP contribution in [0.5, 0.6) is 0 Å². The van der Waals surface area contributed by atoms with Crippen LogP contribution in [0.15, 0.2) is 53.5 Å². The minimum Gasteiger partial charge on any atom is -0.478 e. The van der Waals surface area contributed by atoms with Gasteiger partial charge in [-0.25, -0.2) is 18.0 Å². The van der Waals surface area contributed by atoms with E-state index < -0.39 is 23.4 Å². The molecule has 8 heteroatoms. The number of carboxylic acids is 1. The molecule has 2 aliphatic rings. The average molecular weight is 490 g/mol. The minimum absolute atomic E-state index is 0.0330. The Hall–Kier alpha value is -3.91. The van der Waals surface area contributed by atoms with Gasteiger partial charge in [-0.15, -0.1) is 0 Å². The van der Waals surface area contributed by atoms with Crippen molar-refractivity contribution in [2.75, 3.05) is 13.2 Å². The highest BCUT2D eigenvalue weighted by Gasteiger charge is 2.29. The third-order valence-corrected chi connectivity index (χ3v) is 6.96. The van der Waals surface area contributed by atoms with Crippen LogP contribution in [-0.2, 0) is 11.3 Å². The summed E-state index contributed by atoms with van der Waals surface area (Å²) in [5.41, 5.74) is 4.78. The smallest absolute Gasteiger partial charge is 0.335 e. The molecule has 0 unspecified atom stereocenters. The predicted octanol–water partition coefficient (Wildman–Crippen LogP) is 6.24. The lowest BCUT2D eigenvalue weighted by atomic mass is 9.89. The molecule has 3 aromatic carbocycles. The number of carbonyl (C=O) groups is 1. The highest BCUT2D eigenvalue weighted by Crippen LogP contribution is 2.45. The Morgan fingerprint density at radius 2 is 1.81 bits per heavy atom. The van der Waals surface area contributed by atoms with E-state index >= 15 is 0 Å². The van der Waals surface area contributed by atoms with Crippen LogP contribution in [0.1, 0.15) is 45.9 Å². The number of hydrogen-bond donors (Lipinski definition) is 1. The Balaban J connectivity index is 1.75. The SMILES string of the molecule is O=C(O)c1cc(F)cc(-c2c(C3CCOCC3)n(-c3ccc(F)c(F)c3)c3cc4c(cc23)CN=C4)c1. The van der Waals surface area contributed by atoms with Crippen LogP contribution >= 0.6 is 0 Å². The number of aromatic nitrogens is 1. The lowest BCUT2D eigenvalue weighted by Crippen LogP contribution is -2.17. The summed E-state index contributed by atoms with van der Waals surface area (Å²) in [5.74, 6) is -3.86. The lowest BCUT2D eigenvalue weighted by Gasteiger charge is -2.26. The molecule has 5 nitrogen and oxygen atoms in total. The van der Waals surface area contributed by atoms with Gasteiger partial charge in [-0.3, -0.25) is 4.99 Å². The zero-order valence-corrected chi connectivity index (χ0v) is 19.1. The minimum atomic E-state index is -1.23. The Morgan fingerprint density at radius 3 is 2.56 bits per heavy atom. The number of aliphatic imine (C=N–C) groups is 1. The molecular weight excluding hydrogens is 469 g/mol. The quantitative estimate of drug-likeness (QED) is 0.368. The van der Waals surface area contributed by atoms with E-state index in [-0.39, 0.29) is 11.5 Å². The van der Waals surface area contributed by atoms with Crippen LogP contribution in [-0.4, -0.2) is 35.1 Å². The molecule has 3 heterocycles. The molecule has 36 heavy (non-hydrogen) atoms. The summed E-state index contributed by atoms with van der Waals surface area (Å²) < 4.78 is 50.5. The monoisotopic (exact) mass is 490 g/mol. The van der Waals surface area contributed by atoms with Gasteiger partial charge < -0.3 is 14.4 Å². The fraction of sp³-hybridized carbons (Fsp3) is 0.214. The molecule has 182 valence electrons. The molecule has 0 bridgehead atoms. The molecule has 0 radical (unpaired) electrons. The van der Waals surface area contributed by atoms with Crippen molar-refractivity contribution in [1.29, 1.82) is 0 Å². The summed E-state index contributed by atoms with van der Waals surface area (Å²) in [7, 11) is 0. The van der Waals surface area contributed by atoms with Crippen molar-refractivity contribution < 1.29 is 27.8 Å². The van der Waals surface area contributed by atoms with Crippen molar-refractivity contribution >= 4 is 23.1 Å². The van der Waals surface area contributed by atoms with E-state index in [1.54, 1.807) is 6.21 Å². The van der Waals surface area contributed by atoms with E-state index in [1.807, 2.05) is 16.7 Å². The van der Waals surface area contributed by atoms with Gasteiger partial charge in [0.05, 0.1) is 17.6 Å². The molecule has 0 aliphatic carbocycles. The zero-order chi connectivity index (χ0) is 25.0. The molecule has 0 atom stereocenters. The molecule has 2 aliphatic heterocycles. The first-order valence-electron chi connectivity index (χ1n) is 11.7. The maximum Gasteiger partial charge on any atom is 0.335 e. The first kappa shape index (κ1) is 22.5. The second-order valence-electron chi connectivity index (χ2n) is 9.15. The van der Waals surface area contributed by atoms with Gasteiger partial charge in [0, 0.05) is 53.7 Å². The second-order valence-corrected chi connectivity index (χ2v) is 9.15. The fourth-order valence-electron chi connectivity index (χ4n) is 5.33. The number of nitrogens with zero attached hydrogens (tertiary/aromatic N) is 2. The van der Waals surface area contributed by atoms with E-state index in [9.17, 15) is 23.1 Å². The number of hydrogen-bond acceptors (Lipinski definition) is 3. The van der Waals surface area contributed by atoms with E-state index in [1.165, 1.54) is 18.2 Å². The topological polar surface area (TPSA) is 63.8 Å². The molecule has 0 amide bonds. The van der Waals surface area contributed by atoms with Crippen LogP contribution in [0.2, 0.25) is 0 Å². The highest BCUT2D eigenvalue weighted by molar-refractivity contribution is 6.04. The van der Waals surface area contributed by atoms with E-state index in [2.05, 4.69) is 4.99 Å². The number of carboxylic acid groups (broad SMARTS) is 1. The standard InChI is InChI=1S/C28H21F3N2O3/c29-20-8-16(7-17(9-20)28(34)35)26-22-10-18-13-32-14-19(18)11-25(22)33(21-1-2-23(30)24(31)12-21)27(26)15-3-5-36-6-4-15/h1-2,7-12,14-15H,3-6,13H2,(H,34,35). The van der Waals surface area contributed by atoms with Gasteiger partial charge in [0.15, 0.2) is 11.6 Å². The molecule has 0 spiro atoms. The van der Waals surface area contributed by atoms with Gasteiger partial charge in [-0.2, -0.15) is 0 Å². The Kier molecular flexibility index (Phi) is 5.41. The summed E-state index contributed by atoms with van der Waals surface area (Å²) in [6.45, 7) is 1.55. The number of rotatable bonds is 4. The van der Waals surface area contributed by atoms with Crippen molar-refractivity contribution in [2.45, 2.75) is 25.3 Å². The second kappa shape index (κ2) is 8.64. The van der Waals surface area contributed by atoms with Gasteiger partial charge in [-0.05, 0) is 72.0 Å². The van der Waals surface area contributed by atoms with E-state index in [0.29, 0.717) is 49.4 Å². The van der Waals surface area contributed by atoms with Crippen molar-refractivity contribution in [3.63, 3.8) is 0 Å². The fourth-order valence-corrected chi connectivity index (χ4v) is 5.33. The highest BCUT2D eigenvalue weighted by atomic mass is 19.2. The normalized spacial score (nSPS) is 15.5. The average Bonchev–Trinajstić information content (AvgIpc) is 3.46. The number of aromatic carboxylic acids is 1. The molecule has 1 aromatic heterocycles. The summed E-state index contributed by atoms with van der Waals surface area (Å²) >= 11 is 0. The zero-order valence-electron chi connectivity index (χ0n) is 19.1. The first-order valence-corrected chi connectivity index (χ1v) is 11.7. The van der Waals surface area contributed by atoms with Crippen molar-refractivity contribution in [3.05, 3.63) is 88.4 Å². The molecule has 0 saturated carbocycles. The summed E-state index contributed by atoms with van der Waals surface area (Å²) in [6.07, 6.45) is 3.13.